The van der Waals surface area contributed by atoms with E-state index in [-0.39, 0.29) is 11.9 Å². The number of carbonyl (C=O) groups excluding carboxylic acids is 1. The minimum Gasteiger partial charge on any atom is -0.491 e. The summed E-state index contributed by atoms with van der Waals surface area (Å²) in [6, 6.07) is 12.4. The van der Waals surface area contributed by atoms with Gasteiger partial charge < -0.3 is 19.3 Å². The molecule has 1 amide bonds. The third-order valence-corrected chi connectivity index (χ3v) is 7.12. The second kappa shape index (κ2) is 10.7. The highest BCUT2D eigenvalue weighted by molar-refractivity contribution is 5.81. The van der Waals surface area contributed by atoms with Crippen LogP contribution >= 0.6 is 0 Å². The van der Waals surface area contributed by atoms with Gasteiger partial charge in [0, 0.05) is 64.1 Å². The van der Waals surface area contributed by atoms with E-state index in [2.05, 4.69) is 43.9 Å². The molecule has 8 nitrogen and oxygen atoms in total. The van der Waals surface area contributed by atoms with Gasteiger partial charge in [-0.05, 0) is 36.8 Å². The Bertz CT molecular complexity index is 958. The van der Waals surface area contributed by atoms with Crippen molar-refractivity contribution in [2.24, 2.45) is 0 Å². The Kier molecular flexibility index (Phi) is 7.27. The molecule has 0 radical (unpaired) electrons. The number of rotatable bonds is 5. The number of fused-ring (bicyclic) bond motifs is 1. The average Bonchev–Trinajstić information content (AvgIpc) is 3.11. The number of hydrogen-bond donors (Lipinski definition) is 0. The monoisotopic (exact) mass is 465 g/mol. The Morgan fingerprint density at radius 3 is 2.59 bits per heavy atom. The molecule has 34 heavy (non-hydrogen) atoms. The molecule has 0 spiro atoms. The number of carbonyl (C=O) groups is 1. The smallest absolute Gasteiger partial charge is 0.240 e. The molecule has 2 aromatic rings. The molecule has 1 atom stereocenters. The van der Waals surface area contributed by atoms with E-state index in [1.54, 1.807) is 0 Å². The minimum absolute atomic E-state index is 0.135. The predicted octanol–water partition coefficient (Wildman–Crippen LogP) is 1.85. The normalized spacial score (nSPS) is 20.9. The van der Waals surface area contributed by atoms with E-state index in [1.165, 1.54) is 5.56 Å². The Labute approximate surface area is 202 Å². The highest BCUT2D eigenvalue weighted by atomic mass is 16.5. The number of nitrogens with zero attached hydrogens (tertiary/aromatic N) is 5. The first-order valence-corrected chi connectivity index (χ1v) is 12.4. The molecule has 5 rings (SSSR count). The molecule has 1 aromatic carbocycles. The lowest BCUT2D eigenvalue weighted by molar-refractivity contribution is -0.138. The molecule has 182 valence electrons. The van der Waals surface area contributed by atoms with Gasteiger partial charge >= 0.3 is 0 Å². The summed E-state index contributed by atoms with van der Waals surface area (Å²) in [7, 11) is 0. The number of piperazine rings is 1. The van der Waals surface area contributed by atoms with Crippen molar-refractivity contribution in [3.63, 3.8) is 0 Å². The summed E-state index contributed by atoms with van der Waals surface area (Å²) in [4.78, 5) is 26.8. The van der Waals surface area contributed by atoms with Crippen molar-refractivity contribution in [1.82, 2.24) is 19.7 Å². The van der Waals surface area contributed by atoms with Crippen molar-refractivity contribution in [3.8, 4) is 5.75 Å². The van der Waals surface area contributed by atoms with Crippen LogP contribution in [0.2, 0.25) is 0 Å². The molecule has 2 fully saturated rings. The predicted molar refractivity (Wildman–Crippen MR) is 131 cm³/mol. The molecule has 0 aliphatic carbocycles. The summed E-state index contributed by atoms with van der Waals surface area (Å²) < 4.78 is 11.5. The third kappa shape index (κ3) is 5.35. The molecule has 1 aromatic heterocycles. The van der Waals surface area contributed by atoms with Crippen molar-refractivity contribution in [1.29, 1.82) is 0 Å². The van der Waals surface area contributed by atoms with E-state index >= 15 is 0 Å². The Morgan fingerprint density at radius 2 is 1.82 bits per heavy atom. The molecule has 0 bridgehead atoms. The zero-order chi connectivity index (χ0) is 23.3. The minimum atomic E-state index is -0.135. The van der Waals surface area contributed by atoms with Gasteiger partial charge in [0.05, 0.1) is 25.8 Å². The van der Waals surface area contributed by atoms with E-state index in [0.29, 0.717) is 32.9 Å². The van der Waals surface area contributed by atoms with Gasteiger partial charge in [-0.2, -0.15) is 0 Å². The summed E-state index contributed by atoms with van der Waals surface area (Å²) in [5.74, 6) is 2.13. The fourth-order valence-electron chi connectivity index (χ4n) is 5.05. The third-order valence-electron chi connectivity index (χ3n) is 7.12. The maximum absolute atomic E-state index is 13.3. The SMILES string of the molecule is CC(C(=O)N1CCOc2ccc(CN3CCN(c4ccccn4)CC3)cc2C1)N1CCOCC1. The fraction of sp³-hybridized carbons (Fsp3) is 0.538. The van der Waals surface area contributed by atoms with E-state index < -0.39 is 0 Å². The summed E-state index contributed by atoms with van der Waals surface area (Å²) in [5, 5.41) is 0. The van der Waals surface area contributed by atoms with E-state index in [4.69, 9.17) is 9.47 Å². The zero-order valence-corrected chi connectivity index (χ0v) is 20.1. The first-order chi connectivity index (χ1) is 16.7. The van der Waals surface area contributed by atoms with Crippen LogP contribution in [0.15, 0.2) is 42.6 Å². The van der Waals surface area contributed by atoms with Crippen LogP contribution in [-0.4, -0.2) is 97.3 Å². The molecule has 3 aliphatic rings. The van der Waals surface area contributed by atoms with Gasteiger partial charge in [-0.3, -0.25) is 14.6 Å². The maximum atomic E-state index is 13.3. The lowest BCUT2D eigenvalue weighted by Crippen LogP contribution is -2.51. The van der Waals surface area contributed by atoms with Crippen LogP contribution in [0.3, 0.4) is 0 Å². The van der Waals surface area contributed by atoms with Gasteiger partial charge in [-0.15, -0.1) is 0 Å². The van der Waals surface area contributed by atoms with Crippen molar-refractivity contribution in [2.75, 3.05) is 70.5 Å². The number of anilines is 1. The molecule has 8 heteroatoms. The first-order valence-electron chi connectivity index (χ1n) is 12.4. The molecule has 0 saturated carbocycles. The number of amides is 1. The number of morpholine rings is 1. The van der Waals surface area contributed by atoms with Gasteiger partial charge in [0.25, 0.3) is 0 Å². The summed E-state index contributed by atoms with van der Waals surface area (Å²) >= 11 is 0. The van der Waals surface area contributed by atoms with Crippen LogP contribution in [-0.2, 0) is 22.6 Å². The number of pyridine rings is 1. The van der Waals surface area contributed by atoms with E-state index in [1.807, 2.05) is 30.2 Å². The van der Waals surface area contributed by atoms with Crippen LogP contribution < -0.4 is 9.64 Å². The lowest BCUT2D eigenvalue weighted by atomic mass is 10.1. The van der Waals surface area contributed by atoms with Crippen molar-refractivity contribution < 1.29 is 14.3 Å². The van der Waals surface area contributed by atoms with E-state index in [9.17, 15) is 4.79 Å². The summed E-state index contributed by atoms with van der Waals surface area (Å²) in [6.45, 7) is 11.7. The average molecular weight is 466 g/mol. The van der Waals surface area contributed by atoms with Crippen molar-refractivity contribution >= 4 is 11.7 Å². The van der Waals surface area contributed by atoms with Gasteiger partial charge in [-0.1, -0.05) is 12.1 Å². The Morgan fingerprint density at radius 1 is 1.00 bits per heavy atom. The van der Waals surface area contributed by atoms with E-state index in [0.717, 1.165) is 62.9 Å². The highest BCUT2D eigenvalue weighted by Gasteiger charge is 2.29. The number of hydrogen-bond acceptors (Lipinski definition) is 7. The van der Waals surface area contributed by atoms with Gasteiger partial charge in [0.15, 0.2) is 0 Å². The first kappa shape index (κ1) is 23.1. The summed E-state index contributed by atoms with van der Waals surface area (Å²) in [6.07, 6.45) is 1.86. The zero-order valence-electron chi connectivity index (χ0n) is 20.1. The number of ether oxygens (including phenoxy) is 2. The quantitative estimate of drug-likeness (QED) is 0.668. The maximum Gasteiger partial charge on any atom is 0.240 e. The van der Waals surface area contributed by atoms with Crippen LogP contribution in [0.1, 0.15) is 18.1 Å². The topological polar surface area (TPSA) is 61.4 Å². The fourth-order valence-corrected chi connectivity index (χ4v) is 5.05. The van der Waals surface area contributed by atoms with Crippen molar-refractivity contribution in [3.05, 3.63) is 53.7 Å². The van der Waals surface area contributed by atoms with Crippen LogP contribution in [0.5, 0.6) is 5.75 Å². The van der Waals surface area contributed by atoms with Crippen LogP contribution in [0.4, 0.5) is 5.82 Å². The lowest BCUT2D eigenvalue weighted by Gasteiger charge is -2.35. The molecule has 0 N–H and O–H groups in total. The van der Waals surface area contributed by atoms with Gasteiger partial charge in [-0.25, -0.2) is 4.98 Å². The standard InChI is InChI=1S/C26H35N5O3/c1-21(29-12-15-33-16-13-29)26(32)31-14-17-34-24-6-5-22(18-23(24)20-31)19-28-8-10-30(11-9-28)25-4-2-3-7-27-25/h2-7,18,21H,8-17,19-20H2,1H3. The Hall–Kier alpha value is -2.68. The molecular weight excluding hydrogens is 430 g/mol. The molecule has 2 saturated heterocycles. The molecular formula is C26H35N5O3. The van der Waals surface area contributed by atoms with Crippen LogP contribution in [0, 0.1) is 0 Å². The van der Waals surface area contributed by atoms with Crippen LogP contribution in [0.25, 0.3) is 0 Å². The number of aromatic nitrogens is 1. The number of benzene rings is 1. The largest absolute Gasteiger partial charge is 0.491 e. The molecule has 3 aliphatic heterocycles. The summed E-state index contributed by atoms with van der Waals surface area (Å²) in [5.41, 5.74) is 2.37. The second-order valence-electron chi connectivity index (χ2n) is 9.33. The molecule has 1 unspecified atom stereocenters. The van der Waals surface area contributed by atoms with Gasteiger partial charge in [0.2, 0.25) is 5.91 Å². The molecule has 4 heterocycles. The van der Waals surface area contributed by atoms with Crippen molar-refractivity contribution in [2.45, 2.75) is 26.1 Å². The second-order valence-corrected chi connectivity index (χ2v) is 9.33. The Balaban J connectivity index is 1.20. The highest BCUT2D eigenvalue weighted by Crippen LogP contribution is 2.26. The van der Waals surface area contributed by atoms with Gasteiger partial charge in [0.1, 0.15) is 18.2 Å².